The van der Waals surface area contributed by atoms with E-state index >= 15 is 0 Å². The predicted molar refractivity (Wildman–Crippen MR) is 72.0 cm³/mol. The summed E-state index contributed by atoms with van der Waals surface area (Å²) in [5, 5.41) is 1.91. The van der Waals surface area contributed by atoms with Crippen molar-refractivity contribution in [3.63, 3.8) is 0 Å². The summed E-state index contributed by atoms with van der Waals surface area (Å²) in [7, 11) is 1.95. The number of rotatable bonds is 2. The van der Waals surface area contributed by atoms with E-state index in [0.717, 1.165) is 25.1 Å². The lowest BCUT2D eigenvalue weighted by atomic mass is 9.90. The molecule has 4 rings (SSSR count). The molecule has 3 aliphatic heterocycles. The van der Waals surface area contributed by atoms with Crippen LogP contribution in [0.25, 0.3) is 0 Å². The Morgan fingerprint density at radius 2 is 2.10 bits per heavy atom. The summed E-state index contributed by atoms with van der Waals surface area (Å²) in [6, 6.07) is 9.92. The van der Waals surface area contributed by atoms with Crippen molar-refractivity contribution in [2.45, 2.75) is 37.1 Å². The number of benzene rings is 1. The first-order chi connectivity index (χ1) is 9.74. The van der Waals surface area contributed by atoms with Gasteiger partial charge in [0.1, 0.15) is 5.75 Å². The molecular weight excluding hydrogens is 256 g/mol. The van der Waals surface area contributed by atoms with Gasteiger partial charge in [-0.1, -0.05) is 18.2 Å². The number of carbonyl (C=O) groups is 1. The van der Waals surface area contributed by atoms with E-state index in [0.29, 0.717) is 0 Å². The summed E-state index contributed by atoms with van der Waals surface area (Å²) in [5.41, 5.74) is 0. The van der Waals surface area contributed by atoms with Crippen molar-refractivity contribution in [1.29, 1.82) is 0 Å². The van der Waals surface area contributed by atoms with Crippen LogP contribution in [-0.4, -0.2) is 53.8 Å². The van der Waals surface area contributed by atoms with Gasteiger partial charge in [0.15, 0.2) is 6.10 Å². The highest BCUT2D eigenvalue weighted by Crippen LogP contribution is 2.38. The van der Waals surface area contributed by atoms with Crippen molar-refractivity contribution in [2.24, 2.45) is 0 Å². The molecule has 0 aliphatic carbocycles. The van der Waals surface area contributed by atoms with E-state index in [1.54, 1.807) is 0 Å². The molecule has 0 unspecified atom stereocenters. The molecule has 1 aromatic rings. The number of hydrogen-bond acceptors (Lipinski definition) is 4. The first-order valence-corrected chi connectivity index (χ1v) is 7.16. The minimum absolute atomic E-state index is 0.111. The van der Waals surface area contributed by atoms with Gasteiger partial charge in [0.05, 0.1) is 18.2 Å². The molecule has 3 aliphatic rings. The lowest BCUT2D eigenvalue weighted by Gasteiger charge is -2.49. The van der Waals surface area contributed by atoms with E-state index in [1.807, 2.05) is 47.3 Å². The first-order valence-electron chi connectivity index (χ1n) is 7.16. The average Bonchev–Trinajstić information content (AvgIpc) is 2.72. The molecule has 4 atom stereocenters. The van der Waals surface area contributed by atoms with Gasteiger partial charge in [-0.25, -0.2) is 0 Å². The number of likely N-dealkylation sites (N-methyl/N-ethyl adjacent to an activating group) is 1. The minimum atomic E-state index is -0.370. The molecule has 5 nitrogen and oxygen atoms in total. The normalized spacial score (nSPS) is 36.2. The molecule has 106 valence electrons. The second-order valence-electron chi connectivity index (χ2n) is 5.74. The third-order valence-corrected chi connectivity index (χ3v) is 4.58. The van der Waals surface area contributed by atoms with Crippen molar-refractivity contribution < 1.29 is 14.4 Å². The van der Waals surface area contributed by atoms with Crippen molar-refractivity contribution in [3.05, 3.63) is 30.3 Å². The van der Waals surface area contributed by atoms with E-state index in [2.05, 4.69) is 0 Å². The summed E-state index contributed by atoms with van der Waals surface area (Å²) >= 11 is 0. The highest BCUT2D eigenvalue weighted by Gasteiger charge is 2.57. The Morgan fingerprint density at radius 1 is 1.30 bits per heavy atom. The van der Waals surface area contributed by atoms with Gasteiger partial charge in [-0.3, -0.25) is 9.63 Å². The van der Waals surface area contributed by atoms with E-state index in [1.165, 1.54) is 0 Å². The number of fused-ring (bicyclic) bond motifs is 4. The molecule has 3 fully saturated rings. The van der Waals surface area contributed by atoms with Crippen LogP contribution in [-0.2, 0) is 9.63 Å². The minimum Gasteiger partial charge on any atom is -0.478 e. The number of β-lactam (4-membered cyclic amide) rings is 1. The molecule has 0 N–H and O–H groups in total. The van der Waals surface area contributed by atoms with Gasteiger partial charge in [0.2, 0.25) is 0 Å². The molecule has 5 heteroatoms. The van der Waals surface area contributed by atoms with Gasteiger partial charge in [-0.2, -0.15) is 5.06 Å². The number of amides is 1. The molecule has 1 aromatic carbocycles. The number of para-hydroxylation sites is 1. The molecule has 0 aromatic heterocycles. The summed E-state index contributed by atoms with van der Waals surface area (Å²) in [5.74, 6) is 0.868. The van der Waals surface area contributed by atoms with Crippen LogP contribution in [0.2, 0.25) is 0 Å². The molecule has 20 heavy (non-hydrogen) atoms. The van der Waals surface area contributed by atoms with E-state index in [9.17, 15) is 4.79 Å². The Hall–Kier alpha value is -1.59. The van der Waals surface area contributed by atoms with Crippen molar-refractivity contribution in [1.82, 2.24) is 9.96 Å². The van der Waals surface area contributed by atoms with Crippen LogP contribution in [0.5, 0.6) is 5.75 Å². The summed E-state index contributed by atoms with van der Waals surface area (Å²) in [6.07, 6.45) is 1.78. The number of hydroxylamine groups is 2. The number of ether oxygens (including phenoxy) is 1. The Kier molecular flexibility index (Phi) is 2.72. The highest BCUT2D eigenvalue weighted by atomic mass is 16.7. The molecule has 0 saturated carbocycles. The summed E-state index contributed by atoms with van der Waals surface area (Å²) < 4.78 is 5.91. The van der Waals surface area contributed by atoms with Crippen LogP contribution < -0.4 is 4.74 Å². The van der Waals surface area contributed by atoms with Crippen LogP contribution >= 0.6 is 0 Å². The highest BCUT2D eigenvalue weighted by molar-refractivity contribution is 5.89. The maximum absolute atomic E-state index is 12.3. The summed E-state index contributed by atoms with van der Waals surface area (Å²) in [6.45, 7) is 0.785. The van der Waals surface area contributed by atoms with Crippen molar-refractivity contribution >= 4 is 5.91 Å². The Morgan fingerprint density at radius 3 is 2.90 bits per heavy atom. The van der Waals surface area contributed by atoms with Crippen molar-refractivity contribution in [2.75, 3.05) is 13.6 Å². The maximum Gasteiger partial charge on any atom is 0.266 e. The van der Waals surface area contributed by atoms with Crippen molar-refractivity contribution in [3.8, 4) is 5.75 Å². The molecule has 1 amide bonds. The average molecular weight is 274 g/mol. The zero-order chi connectivity index (χ0) is 13.7. The van der Waals surface area contributed by atoms with Crippen LogP contribution in [0, 0.1) is 0 Å². The predicted octanol–water partition coefficient (Wildman–Crippen LogP) is 1.05. The van der Waals surface area contributed by atoms with E-state index < -0.39 is 0 Å². The van der Waals surface area contributed by atoms with Crippen LogP contribution in [0.3, 0.4) is 0 Å². The fourth-order valence-electron chi connectivity index (χ4n) is 3.55. The topological polar surface area (TPSA) is 42.0 Å². The van der Waals surface area contributed by atoms with Crippen LogP contribution in [0.4, 0.5) is 0 Å². The number of hydrogen-bond donors (Lipinski definition) is 0. The fourth-order valence-corrected chi connectivity index (χ4v) is 3.55. The smallest absolute Gasteiger partial charge is 0.266 e. The fraction of sp³-hybridized carbons (Fsp3) is 0.533. The van der Waals surface area contributed by atoms with Gasteiger partial charge in [-0.15, -0.1) is 0 Å². The van der Waals surface area contributed by atoms with Crippen LogP contribution in [0.15, 0.2) is 30.3 Å². The molecule has 3 saturated heterocycles. The third kappa shape index (κ3) is 1.73. The lowest BCUT2D eigenvalue weighted by Crippen LogP contribution is -2.72. The quantitative estimate of drug-likeness (QED) is 0.756. The molecular formula is C15H18N2O3. The SMILES string of the molecule is CN1O[C@@H]2CCN3C(=O)[C@H](Oc4ccccc4)[C@H]3[C@H]1C2. The Bertz CT molecular complexity index is 521. The standard InChI is InChI=1S/C15H18N2O3/c1-16-12-9-11(20-16)7-8-17-13(12)14(15(17)18)19-10-5-3-2-4-6-10/h2-6,11-14H,7-9H2,1H3/t11-,12-,13-,14-/m1/s1. The van der Waals surface area contributed by atoms with Gasteiger partial charge >= 0.3 is 0 Å². The second-order valence-corrected chi connectivity index (χ2v) is 5.74. The molecule has 2 bridgehead atoms. The van der Waals surface area contributed by atoms with Gasteiger partial charge in [0.25, 0.3) is 5.91 Å². The molecule has 0 radical (unpaired) electrons. The zero-order valence-electron chi connectivity index (χ0n) is 11.4. The lowest BCUT2D eigenvalue weighted by molar-refractivity contribution is -0.199. The van der Waals surface area contributed by atoms with E-state index in [4.69, 9.17) is 9.57 Å². The monoisotopic (exact) mass is 274 g/mol. The molecule has 3 heterocycles. The Balaban J connectivity index is 1.57. The number of nitrogens with zero attached hydrogens (tertiary/aromatic N) is 2. The second kappa shape index (κ2) is 4.46. The largest absolute Gasteiger partial charge is 0.478 e. The summed E-state index contributed by atoms with van der Waals surface area (Å²) in [4.78, 5) is 20.0. The Labute approximate surface area is 118 Å². The third-order valence-electron chi connectivity index (χ3n) is 4.58. The van der Waals surface area contributed by atoms with E-state index in [-0.39, 0.29) is 30.2 Å². The molecule has 0 spiro atoms. The van der Waals surface area contributed by atoms with Gasteiger partial charge in [-0.05, 0) is 25.0 Å². The number of carbonyl (C=O) groups excluding carboxylic acids is 1. The van der Waals surface area contributed by atoms with Crippen LogP contribution in [0.1, 0.15) is 12.8 Å². The van der Waals surface area contributed by atoms with Gasteiger partial charge < -0.3 is 9.64 Å². The van der Waals surface area contributed by atoms with Gasteiger partial charge in [0, 0.05) is 13.6 Å². The first kappa shape index (κ1) is 12.2. The maximum atomic E-state index is 12.3. The zero-order valence-corrected chi connectivity index (χ0v) is 11.4.